The summed E-state index contributed by atoms with van der Waals surface area (Å²) >= 11 is 6.43. The summed E-state index contributed by atoms with van der Waals surface area (Å²) in [5, 5.41) is 6.68. The van der Waals surface area contributed by atoms with Gasteiger partial charge in [0.1, 0.15) is 11.5 Å². The van der Waals surface area contributed by atoms with Gasteiger partial charge in [-0.15, -0.1) is 0 Å². The summed E-state index contributed by atoms with van der Waals surface area (Å²) in [6, 6.07) is 4.61. The molecule has 2 aromatic rings. The molecule has 0 saturated heterocycles. The Labute approximate surface area is 195 Å². The van der Waals surface area contributed by atoms with Gasteiger partial charge in [-0.1, -0.05) is 16.3 Å². The largest absolute Gasteiger partial charge is 0.493 e. The van der Waals surface area contributed by atoms with Crippen LogP contribution in [0.25, 0.3) is 10.9 Å². The number of carbonyl (C=O) groups excluding carboxylic acids is 1. The Morgan fingerprint density at radius 2 is 2.03 bits per heavy atom. The first-order valence-electron chi connectivity index (χ1n) is 10.2. The number of rotatable bonds is 6. The van der Waals surface area contributed by atoms with Gasteiger partial charge in [0.2, 0.25) is 0 Å². The number of pyridine rings is 1. The number of aromatic nitrogens is 1. The third kappa shape index (κ3) is 5.20. The quantitative estimate of drug-likeness (QED) is 0.494. The lowest BCUT2D eigenvalue weighted by atomic mass is 10.1. The van der Waals surface area contributed by atoms with Crippen LogP contribution in [0.1, 0.15) is 13.3 Å². The van der Waals surface area contributed by atoms with E-state index in [-0.39, 0.29) is 6.04 Å². The van der Waals surface area contributed by atoms with Crippen LogP contribution in [0.15, 0.2) is 59.2 Å². The molecular formula is C23H24ClN4O5+. The van der Waals surface area contributed by atoms with Gasteiger partial charge in [0.25, 0.3) is 6.34 Å². The lowest BCUT2D eigenvalue weighted by Gasteiger charge is -2.20. The predicted octanol–water partition coefficient (Wildman–Crippen LogP) is 3.60. The minimum Gasteiger partial charge on any atom is -0.493 e. The van der Waals surface area contributed by atoms with E-state index in [1.54, 1.807) is 38.6 Å². The average molecular weight is 472 g/mol. The van der Waals surface area contributed by atoms with Gasteiger partial charge < -0.3 is 24.4 Å². The molecule has 10 heteroatoms. The van der Waals surface area contributed by atoms with Crippen molar-refractivity contribution >= 4 is 34.9 Å². The molecule has 9 nitrogen and oxygen atoms in total. The maximum Gasteiger partial charge on any atom is 0.406 e. The summed E-state index contributed by atoms with van der Waals surface area (Å²) in [5.74, 6) is 3.11. The van der Waals surface area contributed by atoms with E-state index in [0.29, 0.717) is 46.5 Å². The molecule has 1 atom stereocenters. The van der Waals surface area contributed by atoms with Gasteiger partial charge >= 0.3 is 6.03 Å². The Morgan fingerprint density at radius 3 is 2.73 bits per heavy atom. The molecule has 2 N–H and O–H groups in total. The average Bonchev–Trinajstić information content (AvgIpc) is 3.24. The van der Waals surface area contributed by atoms with Crippen LogP contribution >= 0.6 is 11.6 Å². The van der Waals surface area contributed by atoms with E-state index < -0.39 is 6.03 Å². The van der Waals surface area contributed by atoms with Crippen LogP contribution < -0.4 is 24.8 Å². The first-order chi connectivity index (χ1) is 16.0. The van der Waals surface area contributed by atoms with Gasteiger partial charge in [0.15, 0.2) is 23.8 Å². The third-order valence-electron chi connectivity index (χ3n) is 5.07. The summed E-state index contributed by atoms with van der Waals surface area (Å²) in [5.41, 5.74) is 0.705. The molecule has 0 saturated carbocycles. The molecule has 1 unspecified atom stereocenters. The third-order valence-corrected chi connectivity index (χ3v) is 5.44. The van der Waals surface area contributed by atoms with E-state index in [4.69, 9.17) is 30.6 Å². The summed E-state index contributed by atoms with van der Waals surface area (Å²) < 4.78 is 18.3. The standard InChI is InChI=1S/C23H23ClN4O5/c1-14-7-9-28(33-14)13-26-23(29)27-18-5-4-15(10-17(18)24)32-20-6-8-25-19-12-22(31-3)21(30-2)11-16(19)20/h4,6-8,10-13,18H,5,9H2,1-3H3,(H,27,29)/p+1. The molecule has 0 fully saturated rings. The molecule has 1 aliphatic carbocycles. The Hall–Kier alpha value is -3.72. The molecule has 0 spiro atoms. The van der Waals surface area contributed by atoms with Crippen LogP contribution in [0.5, 0.6) is 17.2 Å². The van der Waals surface area contributed by atoms with Crippen molar-refractivity contribution < 1.29 is 28.6 Å². The van der Waals surface area contributed by atoms with Crippen molar-refractivity contribution in [3.8, 4) is 17.2 Å². The molecule has 4 rings (SSSR count). The van der Waals surface area contributed by atoms with Gasteiger partial charge in [0.05, 0.1) is 25.8 Å². The Morgan fingerprint density at radius 1 is 1.24 bits per heavy atom. The van der Waals surface area contributed by atoms with Crippen molar-refractivity contribution in [2.45, 2.75) is 19.4 Å². The minimum absolute atomic E-state index is 0.370. The molecule has 2 aliphatic rings. The molecule has 1 aliphatic heterocycles. The number of carbonyl (C=O) groups is 1. The molecule has 1 aromatic carbocycles. The fraction of sp³-hybridized carbons (Fsp3) is 0.261. The summed E-state index contributed by atoms with van der Waals surface area (Å²) in [6.45, 7) is 2.41. The monoisotopic (exact) mass is 471 g/mol. The van der Waals surface area contributed by atoms with Gasteiger partial charge in [-0.2, -0.15) is 5.32 Å². The molecule has 1 aromatic heterocycles. The number of urea groups is 1. The van der Waals surface area contributed by atoms with Crippen LogP contribution in [0.4, 0.5) is 4.79 Å². The highest BCUT2D eigenvalue weighted by atomic mass is 35.5. The van der Waals surface area contributed by atoms with Gasteiger partial charge in [-0.25, -0.2) is 4.79 Å². The highest BCUT2D eigenvalue weighted by Crippen LogP contribution is 2.36. The highest BCUT2D eigenvalue weighted by Gasteiger charge is 2.22. The first kappa shape index (κ1) is 22.5. The molecular weight excluding hydrogens is 448 g/mol. The number of hydroxylamine groups is 1. The van der Waals surface area contributed by atoms with E-state index in [1.807, 2.05) is 25.1 Å². The second-order valence-electron chi connectivity index (χ2n) is 7.31. The van der Waals surface area contributed by atoms with E-state index in [0.717, 1.165) is 11.1 Å². The Kier molecular flexibility index (Phi) is 6.69. The summed E-state index contributed by atoms with van der Waals surface area (Å²) in [7, 11) is 3.15. The first-order valence-corrected chi connectivity index (χ1v) is 10.6. The fourth-order valence-corrected chi connectivity index (χ4v) is 3.64. The zero-order valence-electron chi connectivity index (χ0n) is 18.4. The molecule has 172 valence electrons. The second-order valence-corrected chi connectivity index (χ2v) is 7.75. The van der Waals surface area contributed by atoms with E-state index in [2.05, 4.69) is 15.6 Å². The topological polar surface area (TPSA) is 94.0 Å². The van der Waals surface area contributed by atoms with Crippen LogP contribution in [0.2, 0.25) is 0 Å². The van der Waals surface area contributed by atoms with Crippen LogP contribution in [0, 0.1) is 0 Å². The lowest BCUT2D eigenvalue weighted by Crippen LogP contribution is -2.43. The minimum atomic E-state index is -0.390. The number of allylic oxidation sites excluding steroid dienone is 2. The van der Waals surface area contributed by atoms with Crippen molar-refractivity contribution in [1.29, 1.82) is 0 Å². The number of nitrogens with zero attached hydrogens (tertiary/aromatic N) is 2. The van der Waals surface area contributed by atoms with Crippen LogP contribution in [-0.2, 0) is 4.84 Å². The number of fused-ring (bicyclic) bond motifs is 1. The van der Waals surface area contributed by atoms with Gasteiger partial charge in [0, 0.05) is 28.8 Å². The number of benzene rings is 1. The van der Waals surface area contributed by atoms with Crippen LogP contribution in [-0.4, -0.2) is 48.9 Å². The number of methoxy groups -OCH3 is 2. The Balaban J connectivity index is 1.42. The normalized spacial score (nSPS) is 18.7. The molecule has 0 radical (unpaired) electrons. The maximum absolute atomic E-state index is 12.2. The number of amides is 2. The predicted molar refractivity (Wildman–Crippen MR) is 124 cm³/mol. The molecule has 0 bridgehead atoms. The molecule has 2 amide bonds. The number of nitrogens with one attached hydrogen (secondary N) is 2. The van der Waals surface area contributed by atoms with Crippen molar-refractivity contribution in [1.82, 2.24) is 15.6 Å². The van der Waals surface area contributed by atoms with Crippen molar-refractivity contribution in [2.75, 3.05) is 20.8 Å². The molecule has 33 heavy (non-hydrogen) atoms. The van der Waals surface area contributed by atoms with E-state index >= 15 is 0 Å². The fourth-order valence-electron chi connectivity index (χ4n) is 3.39. The second kappa shape index (κ2) is 9.83. The Bertz CT molecular complexity index is 1200. The van der Waals surface area contributed by atoms with E-state index in [1.165, 1.54) is 11.1 Å². The van der Waals surface area contributed by atoms with Crippen molar-refractivity contribution in [3.05, 3.63) is 59.2 Å². The highest BCUT2D eigenvalue weighted by molar-refractivity contribution is 6.30. The van der Waals surface area contributed by atoms with Crippen molar-refractivity contribution in [3.63, 3.8) is 0 Å². The summed E-state index contributed by atoms with van der Waals surface area (Å²) in [6.07, 6.45) is 9.05. The van der Waals surface area contributed by atoms with Gasteiger partial charge in [-0.3, -0.25) is 4.98 Å². The van der Waals surface area contributed by atoms with Crippen LogP contribution in [0.3, 0.4) is 0 Å². The number of halogens is 1. The van der Waals surface area contributed by atoms with E-state index in [9.17, 15) is 4.79 Å². The van der Waals surface area contributed by atoms with Crippen molar-refractivity contribution in [2.24, 2.45) is 0 Å². The SMILES string of the molecule is COc1cc2nccc(OC3=CCC(NC(=O)NC=[N+]4CC=C(C)O4)C(Cl)=C3)c2cc1OC. The number of hydrogen-bond acceptors (Lipinski definition) is 6. The summed E-state index contributed by atoms with van der Waals surface area (Å²) in [4.78, 5) is 22.0. The maximum atomic E-state index is 12.2. The smallest absolute Gasteiger partial charge is 0.406 e. The number of hydrogen-bond donors (Lipinski definition) is 2. The van der Waals surface area contributed by atoms with Gasteiger partial charge in [-0.05, 0) is 37.6 Å². The molecule has 2 heterocycles. The zero-order chi connectivity index (χ0) is 23.4. The lowest BCUT2D eigenvalue weighted by molar-refractivity contribution is -0.754. The zero-order valence-corrected chi connectivity index (χ0v) is 19.2. The number of ether oxygens (including phenoxy) is 3.